The number of halogens is 1. The molecule has 4 nitrogen and oxygen atoms in total. The van der Waals surface area contributed by atoms with Gasteiger partial charge in [-0.2, -0.15) is 9.97 Å². The van der Waals surface area contributed by atoms with Gasteiger partial charge in [0.2, 0.25) is 5.28 Å². The van der Waals surface area contributed by atoms with E-state index in [1.807, 2.05) is 31.2 Å². The van der Waals surface area contributed by atoms with E-state index in [-0.39, 0.29) is 5.28 Å². The fourth-order valence-electron chi connectivity index (χ4n) is 1.50. The lowest BCUT2D eigenvalue weighted by Gasteiger charge is -2.08. The minimum atomic E-state index is -0.404. The summed E-state index contributed by atoms with van der Waals surface area (Å²) in [6.45, 7) is 1.95. The molecule has 16 heavy (non-hydrogen) atoms. The lowest BCUT2D eigenvalue weighted by atomic mass is 10.1. The van der Waals surface area contributed by atoms with E-state index in [9.17, 15) is 4.79 Å². The number of nitrogens with zero attached hydrogens (tertiary/aromatic N) is 3. The molecular weight excluding hydrogens is 226 g/mol. The summed E-state index contributed by atoms with van der Waals surface area (Å²) < 4.78 is 1.38. The van der Waals surface area contributed by atoms with Crippen molar-refractivity contribution in [3.8, 4) is 11.4 Å². The van der Waals surface area contributed by atoms with Crippen LogP contribution in [-0.4, -0.2) is 14.5 Å². The van der Waals surface area contributed by atoms with Gasteiger partial charge < -0.3 is 0 Å². The van der Waals surface area contributed by atoms with Crippen LogP contribution in [-0.2, 0) is 7.05 Å². The Kier molecular flexibility index (Phi) is 2.75. The minimum absolute atomic E-state index is 0.0265. The largest absolute Gasteiger partial charge is 0.351 e. The van der Waals surface area contributed by atoms with E-state index in [1.54, 1.807) is 7.05 Å². The highest BCUT2D eigenvalue weighted by molar-refractivity contribution is 6.28. The molecule has 0 atom stereocenters. The van der Waals surface area contributed by atoms with Crippen molar-refractivity contribution >= 4 is 11.6 Å². The zero-order valence-corrected chi connectivity index (χ0v) is 9.69. The molecular formula is C11H10ClN3O. The second kappa shape index (κ2) is 4.06. The van der Waals surface area contributed by atoms with Crippen molar-refractivity contribution in [2.75, 3.05) is 0 Å². The number of hydrogen-bond donors (Lipinski definition) is 0. The molecule has 0 bridgehead atoms. The summed E-state index contributed by atoms with van der Waals surface area (Å²) in [5.74, 6) is 0.531. The van der Waals surface area contributed by atoms with Crippen LogP contribution in [0.1, 0.15) is 5.56 Å². The van der Waals surface area contributed by atoms with Crippen LogP contribution in [0, 0.1) is 6.92 Å². The molecule has 0 spiro atoms. The van der Waals surface area contributed by atoms with E-state index in [2.05, 4.69) is 9.97 Å². The molecule has 1 aromatic heterocycles. The van der Waals surface area contributed by atoms with E-state index < -0.39 is 5.69 Å². The van der Waals surface area contributed by atoms with E-state index >= 15 is 0 Å². The summed E-state index contributed by atoms with van der Waals surface area (Å²) in [5.41, 5.74) is 1.51. The Morgan fingerprint density at radius 2 is 1.94 bits per heavy atom. The van der Waals surface area contributed by atoms with Gasteiger partial charge in [-0.3, -0.25) is 4.57 Å². The minimum Gasteiger partial charge on any atom is -0.279 e. The normalized spacial score (nSPS) is 10.4. The van der Waals surface area contributed by atoms with Gasteiger partial charge in [0.15, 0.2) is 0 Å². The first-order valence-corrected chi connectivity index (χ1v) is 5.14. The van der Waals surface area contributed by atoms with Crippen LogP contribution in [0.15, 0.2) is 29.1 Å². The Hall–Kier alpha value is -1.68. The van der Waals surface area contributed by atoms with Crippen LogP contribution in [0.2, 0.25) is 5.28 Å². The highest BCUT2D eigenvalue weighted by atomic mass is 35.5. The van der Waals surface area contributed by atoms with Crippen LogP contribution in [0.4, 0.5) is 0 Å². The molecule has 5 heteroatoms. The van der Waals surface area contributed by atoms with Crippen molar-refractivity contribution in [3.05, 3.63) is 45.6 Å². The molecule has 0 aliphatic carbocycles. The standard InChI is InChI=1S/C11H10ClN3O/c1-7-5-3-4-6-8(7)9-13-10(12)14-11(16)15(9)2/h3-6H,1-2H3. The fourth-order valence-corrected chi connectivity index (χ4v) is 1.65. The molecule has 0 amide bonds. The molecule has 0 fully saturated rings. The number of aromatic nitrogens is 3. The monoisotopic (exact) mass is 235 g/mol. The first kappa shape index (κ1) is 10.8. The van der Waals surface area contributed by atoms with Crippen LogP contribution in [0.25, 0.3) is 11.4 Å². The average Bonchev–Trinajstić information content (AvgIpc) is 2.24. The zero-order valence-electron chi connectivity index (χ0n) is 8.94. The molecule has 0 saturated heterocycles. The summed E-state index contributed by atoms with van der Waals surface area (Å²) in [7, 11) is 1.63. The average molecular weight is 236 g/mol. The smallest absolute Gasteiger partial charge is 0.279 e. The van der Waals surface area contributed by atoms with E-state index in [0.717, 1.165) is 11.1 Å². The highest BCUT2D eigenvalue weighted by Gasteiger charge is 2.09. The fraction of sp³-hybridized carbons (Fsp3) is 0.182. The van der Waals surface area contributed by atoms with Gasteiger partial charge >= 0.3 is 5.69 Å². The predicted octanol–water partition coefficient (Wildman–Crippen LogP) is 1.80. The molecule has 0 radical (unpaired) electrons. The van der Waals surface area contributed by atoms with Crippen molar-refractivity contribution in [1.29, 1.82) is 0 Å². The molecule has 0 aliphatic heterocycles. The lowest BCUT2D eigenvalue weighted by molar-refractivity contribution is 0.782. The Morgan fingerprint density at radius 1 is 1.25 bits per heavy atom. The maximum absolute atomic E-state index is 11.5. The molecule has 1 aromatic carbocycles. The first-order chi connectivity index (χ1) is 7.59. The Morgan fingerprint density at radius 3 is 2.62 bits per heavy atom. The van der Waals surface area contributed by atoms with Crippen molar-refractivity contribution in [2.45, 2.75) is 6.92 Å². The molecule has 2 aromatic rings. The van der Waals surface area contributed by atoms with Crippen LogP contribution in [0.3, 0.4) is 0 Å². The van der Waals surface area contributed by atoms with Crippen molar-refractivity contribution in [3.63, 3.8) is 0 Å². The quantitative estimate of drug-likeness (QED) is 0.757. The second-order valence-electron chi connectivity index (χ2n) is 3.47. The van der Waals surface area contributed by atoms with E-state index in [0.29, 0.717) is 5.82 Å². The lowest BCUT2D eigenvalue weighted by Crippen LogP contribution is -2.23. The third-order valence-corrected chi connectivity index (χ3v) is 2.55. The highest BCUT2D eigenvalue weighted by Crippen LogP contribution is 2.19. The maximum atomic E-state index is 11.5. The number of hydrogen-bond acceptors (Lipinski definition) is 3. The summed E-state index contributed by atoms with van der Waals surface area (Å²) in [6.07, 6.45) is 0. The van der Waals surface area contributed by atoms with Crippen molar-refractivity contribution in [1.82, 2.24) is 14.5 Å². The van der Waals surface area contributed by atoms with Gasteiger partial charge in [-0.1, -0.05) is 24.3 Å². The van der Waals surface area contributed by atoms with Crippen molar-refractivity contribution in [2.24, 2.45) is 7.05 Å². The molecule has 2 rings (SSSR count). The van der Waals surface area contributed by atoms with E-state index in [1.165, 1.54) is 4.57 Å². The summed E-state index contributed by atoms with van der Waals surface area (Å²) in [4.78, 5) is 19.1. The van der Waals surface area contributed by atoms with E-state index in [4.69, 9.17) is 11.6 Å². The van der Waals surface area contributed by atoms with Gasteiger partial charge in [-0.05, 0) is 24.1 Å². The van der Waals surface area contributed by atoms with Gasteiger partial charge in [0, 0.05) is 12.6 Å². The molecule has 82 valence electrons. The third kappa shape index (κ3) is 1.84. The van der Waals surface area contributed by atoms with Gasteiger partial charge in [0.05, 0.1) is 0 Å². The number of benzene rings is 1. The Labute approximate surface area is 97.6 Å². The van der Waals surface area contributed by atoms with Crippen LogP contribution >= 0.6 is 11.6 Å². The number of aryl methyl sites for hydroxylation is 1. The first-order valence-electron chi connectivity index (χ1n) is 4.76. The molecule has 1 heterocycles. The molecule has 0 N–H and O–H groups in total. The molecule has 0 aliphatic rings. The molecule has 0 saturated carbocycles. The molecule has 0 unspecified atom stereocenters. The second-order valence-corrected chi connectivity index (χ2v) is 3.81. The van der Waals surface area contributed by atoms with Crippen LogP contribution < -0.4 is 5.69 Å². The van der Waals surface area contributed by atoms with Crippen LogP contribution in [0.5, 0.6) is 0 Å². The summed E-state index contributed by atoms with van der Waals surface area (Å²) in [5, 5.41) is -0.0265. The maximum Gasteiger partial charge on any atom is 0.351 e. The summed E-state index contributed by atoms with van der Waals surface area (Å²) in [6, 6.07) is 7.67. The zero-order chi connectivity index (χ0) is 11.7. The van der Waals surface area contributed by atoms with Gasteiger partial charge in [-0.15, -0.1) is 0 Å². The van der Waals surface area contributed by atoms with Gasteiger partial charge in [0.1, 0.15) is 5.82 Å². The topological polar surface area (TPSA) is 47.8 Å². The number of rotatable bonds is 1. The van der Waals surface area contributed by atoms with Gasteiger partial charge in [-0.25, -0.2) is 4.79 Å². The van der Waals surface area contributed by atoms with Gasteiger partial charge in [0.25, 0.3) is 0 Å². The van der Waals surface area contributed by atoms with Crippen molar-refractivity contribution < 1.29 is 0 Å². The Balaban J connectivity index is 2.74. The summed E-state index contributed by atoms with van der Waals surface area (Å²) >= 11 is 5.69. The predicted molar refractivity (Wildman–Crippen MR) is 62.5 cm³/mol. The third-order valence-electron chi connectivity index (χ3n) is 2.38. The SMILES string of the molecule is Cc1ccccc1-c1nc(Cl)nc(=O)n1C. The Bertz CT molecular complexity index is 592.